The van der Waals surface area contributed by atoms with E-state index in [1.54, 1.807) is 18.3 Å². The molecule has 9 heteroatoms. The molecule has 1 heterocycles. The van der Waals surface area contributed by atoms with Gasteiger partial charge in [0.1, 0.15) is 0 Å². The van der Waals surface area contributed by atoms with Gasteiger partial charge < -0.3 is 10.6 Å². The molecule has 0 fully saturated rings. The van der Waals surface area contributed by atoms with Crippen LogP contribution in [0.15, 0.2) is 59.6 Å². The topological polar surface area (TPSA) is 123 Å². The first kappa shape index (κ1) is 19.7. The number of benzene rings is 2. The summed E-state index contributed by atoms with van der Waals surface area (Å²) in [5.74, 6) is 1.06. The van der Waals surface area contributed by atoms with Gasteiger partial charge in [-0.2, -0.15) is 10.1 Å². The Bertz CT molecular complexity index is 1020. The molecule has 2 aromatic carbocycles. The number of sulfonamides is 1. The first-order valence-electron chi connectivity index (χ1n) is 8.75. The van der Waals surface area contributed by atoms with Gasteiger partial charge in [0.2, 0.25) is 16.0 Å². The van der Waals surface area contributed by atoms with Crippen LogP contribution in [0.25, 0.3) is 0 Å². The van der Waals surface area contributed by atoms with Gasteiger partial charge in [0.05, 0.1) is 11.1 Å². The molecule has 3 rings (SSSR count). The first-order chi connectivity index (χ1) is 13.4. The SMILES string of the molecule is Cc1ccc(CNc2nncc(NCCc3ccc(S(N)(=O)=O)cc3)n2)cc1. The van der Waals surface area contributed by atoms with Crippen LogP contribution in [0.5, 0.6) is 0 Å². The molecule has 0 saturated carbocycles. The van der Waals surface area contributed by atoms with Gasteiger partial charge in [0.25, 0.3) is 0 Å². The van der Waals surface area contributed by atoms with Gasteiger partial charge in [-0.1, -0.05) is 42.0 Å². The third-order valence-corrected chi connectivity index (χ3v) is 5.03. The Balaban J connectivity index is 1.51. The number of nitrogens with one attached hydrogen (secondary N) is 2. The number of hydrogen-bond donors (Lipinski definition) is 3. The van der Waals surface area contributed by atoms with Crippen molar-refractivity contribution < 1.29 is 8.42 Å². The van der Waals surface area contributed by atoms with E-state index in [1.807, 2.05) is 6.92 Å². The smallest absolute Gasteiger partial charge is 0.244 e. The maximum Gasteiger partial charge on any atom is 0.244 e. The minimum atomic E-state index is -3.66. The normalized spacial score (nSPS) is 11.2. The number of aryl methyl sites for hydroxylation is 1. The second-order valence-corrected chi connectivity index (χ2v) is 7.93. The van der Waals surface area contributed by atoms with Crippen molar-refractivity contribution in [3.63, 3.8) is 0 Å². The van der Waals surface area contributed by atoms with Gasteiger partial charge in [0, 0.05) is 13.1 Å². The van der Waals surface area contributed by atoms with Crippen LogP contribution >= 0.6 is 0 Å². The van der Waals surface area contributed by atoms with Crippen LogP contribution in [-0.4, -0.2) is 30.1 Å². The molecule has 0 amide bonds. The fourth-order valence-corrected chi connectivity index (χ4v) is 3.05. The second-order valence-electron chi connectivity index (χ2n) is 6.37. The highest BCUT2D eigenvalue weighted by atomic mass is 32.2. The summed E-state index contributed by atoms with van der Waals surface area (Å²) in [4.78, 5) is 4.50. The number of rotatable bonds is 8. The van der Waals surface area contributed by atoms with Crippen LogP contribution in [0.4, 0.5) is 11.8 Å². The van der Waals surface area contributed by atoms with E-state index in [0.29, 0.717) is 31.3 Å². The predicted molar refractivity (Wildman–Crippen MR) is 108 cm³/mol. The largest absolute Gasteiger partial charge is 0.368 e. The molecule has 146 valence electrons. The molecule has 0 unspecified atom stereocenters. The highest BCUT2D eigenvalue weighted by Crippen LogP contribution is 2.11. The zero-order chi connectivity index (χ0) is 20.0. The zero-order valence-electron chi connectivity index (χ0n) is 15.5. The van der Waals surface area contributed by atoms with Crippen molar-refractivity contribution in [2.75, 3.05) is 17.2 Å². The molecule has 3 aromatic rings. The summed E-state index contributed by atoms with van der Waals surface area (Å²) < 4.78 is 22.5. The minimum absolute atomic E-state index is 0.105. The van der Waals surface area contributed by atoms with Crippen LogP contribution < -0.4 is 15.8 Å². The van der Waals surface area contributed by atoms with Gasteiger partial charge in [0.15, 0.2) is 5.82 Å². The Hall–Kier alpha value is -3.04. The Labute approximate surface area is 164 Å². The van der Waals surface area contributed by atoms with Crippen LogP contribution in [0.3, 0.4) is 0 Å². The number of nitrogens with two attached hydrogens (primary N) is 1. The van der Waals surface area contributed by atoms with Gasteiger partial charge in [-0.25, -0.2) is 13.6 Å². The molecule has 28 heavy (non-hydrogen) atoms. The molecule has 0 atom stereocenters. The Morgan fingerprint density at radius 2 is 1.64 bits per heavy atom. The van der Waals surface area contributed by atoms with E-state index in [0.717, 1.165) is 11.1 Å². The van der Waals surface area contributed by atoms with Crippen molar-refractivity contribution >= 4 is 21.8 Å². The van der Waals surface area contributed by atoms with Crippen molar-refractivity contribution in [2.24, 2.45) is 5.14 Å². The van der Waals surface area contributed by atoms with Crippen molar-refractivity contribution in [1.82, 2.24) is 15.2 Å². The lowest BCUT2D eigenvalue weighted by atomic mass is 10.1. The van der Waals surface area contributed by atoms with Gasteiger partial charge in [-0.15, -0.1) is 5.10 Å². The van der Waals surface area contributed by atoms with Gasteiger partial charge in [-0.3, -0.25) is 0 Å². The molecule has 0 aliphatic rings. The van der Waals surface area contributed by atoms with E-state index in [1.165, 1.54) is 17.7 Å². The average molecular weight is 398 g/mol. The van der Waals surface area contributed by atoms with Crippen LogP contribution in [0.2, 0.25) is 0 Å². The molecule has 0 aliphatic carbocycles. The Kier molecular flexibility index (Phi) is 6.17. The first-order valence-corrected chi connectivity index (χ1v) is 10.3. The summed E-state index contributed by atoms with van der Waals surface area (Å²) in [7, 11) is -3.66. The quantitative estimate of drug-likeness (QED) is 0.531. The van der Waals surface area contributed by atoms with Crippen LogP contribution in [0, 0.1) is 6.92 Å². The third kappa shape index (κ3) is 5.73. The lowest BCUT2D eigenvalue weighted by molar-refractivity contribution is 0.598. The van der Waals surface area contributed by atoms with Crippen molar-refractivity contribution in [2.45, 2.75) is 24.8 Å². The predicted octanol–water partition coefficient (Wildman–Crippen LogP) is 2.09. The van der Waals surface area contributed by atoms with Gasteiger partial charge >= 0.3 is 0 Å². The minimum Gasteiger partial charge on any atom is -0.368 e. The van der Waals surface area contributed by atoms with E-state index >= 15 is 0 Å². The standard InChI is InChI=1S/C19H22N6O2S/c1-14-2-4-16(5-3-14)12-22-19-24-18(13-23-25-19)21-11-10-15-6-8-17(9-7-15)28(20,26)27/h2-9,13H,10-12H2,1H3,(H2,20,26,27)(H2,21,22,24,25). The van der Waals surface area contributed by atoms with E-state index in [9.17, 15) is 8.42 Å². The van der Waals surface area contributed by atoms with E-state index < -0.39 is 10.0 Å². The molecule has 0 saturated heterocycles. The van der Waals surface area contributed by atoms with Crippen molar-refractivity contribution in [1.29, 1.82) is 0 Å². The van der Waals surface area contributed by atoms with E-state index in [4.69, 9.17) is 5.14 Å². The van der Waals surface area contributed by atoms with Crippen LogP contribution in [-0.2, 0) is 23.0 Å². The Morgan fingerprint density at radius 3 is 2.32 bits per heavy atom. The molecule has 0 aliphatic heterocycles. The van der Waals surface area contributed by atoms with E-state index in [-0.39, 0.29) is 4.90 Å². The molecule has 4 N–H and O–H groups in total. The number of anilines is 2. The van der Waals surface area contributed by atoms with Crippen molar-refractivity contribution in [3.05, 3.63) is 71.4 Å². The second kappa shape index (κ2) is 8.77. The molecule has 0 radical (unpaired) electrons. The Morgan fingerprint density at radius 1 is 0.964 bits per heavy atom. The summed E-state index contributed by atoms with van der Waals surface area (Å²) in [6.07, 6.45) is 2.25. The van der Waals surface area contributed by atoms with Crippen LogP contribution in [0.1, 0.15) is 16.7 Å². The highest BCUT2D eigenvalue weighted by molar-refractivity contribution is 7.89. The molecular weight excluding hydrogens is 376 g/mol. The molecule has 0 bridgehead atoms. The van der Waals surface area contributed by atoms with E-state index in [2.05, 4.69) is 50.1 Å². The molecule has 1 aromatic heterocycles. The number of aromatic nitrogens is 3. The monoisotopic (exact) mass is 398 g/mol. The summed E-state index contributed by atoms with van der Waals surface area (Å²) in [6, 6.07) is 14.7. The zero-order valence-corrected chi connectivity index (χ0v) is 16.3. The fraction of sp³-hybridized carbons (Fsp3) is 0.211. The lowest BCUT2D eigenvalue weighted by Gasteiger charge is -2.08. The maximum absolute atomic E-state index is 11.3. The fourth-order valence-electron chi connectivity index (χ4n) is 2.53. The molecular formula is C19H22N6O2S. The number of nitrogens with zero attached hydrogens (tertiary/aromatic N) is 3. The average Bonchev–Trinajstić information content (AvgIpc) is 2.68. The summed E-state index contributed by atoms with van der Waals surface area (Å²) in [6.45, 7) is 3.28. The molecule has 8 nitrogen and oxygen atoms in total. The maximum atomic E-state index is 11.3. The lowest BCUT2D eigenvalue weighted by Crippen LogP contribution is -2.12. The summed E-state index contributed by atoms with van der Waals surface area (Å²) in [5, 5.41) is 19.4. The number of hydrogen-bond acceptors (Lipinski definition) is 7. The number of primary sulfonamides is 1. The molecule has 0 spiro atoms. The third-order valence-electron chi connectivity index (χ3n) is 4.10. The summed E-state index contributed by atoms with van der Waals surface area (Å²) in [5.41, 5.74) is 3.34. The summed E-state index contributed by atoms with van der Waals surface area (Å²) >= 11 is 0. The highest BCUT2D eigenvalue weighted by Gasteiger charge is 2.06. The van der Waals surface area contributed by atoms with Crippen molar-refractivity contribution in [3.8, 4) is 0 Å². The van der Waals surface area contributed by atoms with Gasteiger partial charge in [-0.05, 0) is 36.6 Å².